The highest BCUT2D eigenvalue weighted by Crippen LogP contribution is 2.32. The quantitative estimate of drug-likeness (QED) is 0.661. The minimum atomic E-state index is 0.0393. The fourth-order valence-electron chi connectivity index (χ4n) is 3.19. The highest BCUT2D eigenvalue weighted by Gasteiger charge is 2.16. The highest BCUT2D eigenvalue weighted by molar-refractivity contribution is 6.09. The Morgan fingerprint density at radius 1 is 0.905 bits per heavy atom. The van der Waals surface area contributed by atoms with Crippen molar-refractivity contribution < 1.29 is 4.79 Å². The molecule has 3 rings (SSSR count). The molecule has 0 bridgehead atoms. The number of carbonyl (C=O) groups excluding carboxylic acids is 1. The first-order chi connectivity index (χ1) is 10.2. The molecule has 1 fully saturated rings. The van der Waals surface area contributed by atoms with Crippen molar-refractivity contribution in [2.45, 2.75) is 38.0 Å². The second-order valence-electron chi connectivity index (χ2n) is 5.91. The number of carbonyl (C=O) groups is 1. The molecular formula is C19H21NO. The number of nitrogen functional groups attached to an aromatic ring is 1. The van der Waals surface area contributed by atoms with Crippen LogP contribution >= 0.6 is 0 Å². The van der Waals surface area contributed by atoms with Crippen LogP contribution in [0.3, 0.4) is 0 Å². The van der Waals surface area contributed by atoms with E-state index in [2.05, 4.69) is 12.1 Å². The molecule has 0 heterocycles. The van der Waals surface area contributed by atoms with Crippen LogP contribution in [0.5, 0.6) is 0 Å². The molecule has 108 valence electrons. The minimum Gasteiger partial charge on any atom is -0.399 e. The maximum absolute atomic E-state index is 12.4. The van der Waals surface area contributed by atoms with Crippen LogP contribution in [-0.4, -0.2) is 5.78 Å². The molecule has 0 atom stereocenters. The predicted molar refractivity (Wildman–Crippen MR) is 86.6 cm³/mol. The lowest BCUT2D eigenvalue weighted by atomic mass is 9.84. The van der Waals surface area contributed by atoms with Gasteiger partial charge in [-0.15, -0.1) is 0 Å². The summed E-state index contributed by atoms with van der Waals surface area (Å²) >= 11 is 0. The third kappa shape index (κ3) is 3.15. The van der Waals surface area contributed by atoms with Gasteiger partial charge in [0.15, 0.2) is 5.78 Å². The van der Waals surface area contributed by atoms with Gasteiger partial charge in [-0.25, -0.2) is 0 Å². The standard InChI is InChI=1S/C19H21NO/c20-18-8-4-7-17(13-18)19(21)16-11-9-15(10-12-16)14-5-2-1-3-6-14/h4,7-14H,1-3,5-6,20H2. The van der Waals surface area contributed by atoms with E-state index in [1.165, 1.54) is 37.7 Å². The average molecular weight is 279 g/mol. The summed E-state index contributed by atoms with van der Waals surface area (Å²) in [6.07, 6.45) is 6.58. The molecule has 2 heteroatoms. The number of nitrogens with two attached hydrogens (primary N) is 1. The van der Waals surface area contributed by atoms with Crippen molar-refractivity contribution in [3.05, 3.63) is 65.2 Å². The topological polar surface area (TPSA) is 43.1 Å². The van der Waals surface area contributed by atoms with E-state index < -0.39 is 0 Å². The highest BCUT2D eigenvalue weighted by atomic mass is 16.1. The summed E-state index contributed by atoms with van der Waals surface area (Å²) in [4.78, 5) is 12.4. The molecule has 0 aromatic heterocycles. The Bertz CT molecular complexity index is 624. The SMILES string of the molecule is Nc1cccc(C(=O)c2ccc(C3CCCCC3)cc2)c1. The molecule has 0 unspecified atom stereocenters. The lowest BCUT2D eigenvalue weighted by molar-refractivity contribution is 0.103. The maximum Gasteiger partial charge on any atom is 0.193 e. The first-order valence-electron chi connectivity index (χ1n) is 7.74. The summed E-state index contributed by atoms with van der Waals surface area (Å²) in [6.45, 7) is 0. The van der Waals surface area contributed by atoms with E-state index in [9.17, 15) is 4.79 Å². The van der Waals surface area contributed by atoms with Gasteiger partial charge in [-0.3, -0.25) is 4.79 Å². The van der Waals surface area contributed by atoms with Gasteiger partial charge in [0.1, 0.15) is 0 Å². The van der Waals surface area contributed by atoms with Crippen molar-refractivity contribution in [2.24, 2.45) is 0 Å². The normalized spacial score (nSPS) is 15.8. The van der Waals surface area contributed by atoms with E-state index in [0.29, 0.717) is 17.2 Å². The zero-order chi connectivity index (χ0) is 14.7. The molecule has 1 aliphatic carbocycles. The second-order valence-corrected chi connectivity index (χ2v) is 5.91. The summed E-state index contributed by atoms with van der Waals surface area (Å²) in [5.41, 5.74) is 9.13. The molecule has 2 N–H and O–H groups in total. The molecule has 0 amide bonds. The minimum absolute atomic E-state index is 0.0393. The fraction of sp³-hybridized carbons (Fsp3) is 0.316. The molecule has 2 aromatic rings. The van der Waals surface area contributed by atoms with E-state index in [-0.39, 0.29) is 5.78 Å². The zero-order valence-electron chi connectivity index (χ0n) is 12.2. The van der Waals surface area contributed by atoms with Gasteiger partial charge in [-0.2, -0.15) is 0 Å². The predicted octanol–water partition coefficient (Wildman–Crippen LogP) is 4.55. The van der Waals surface area contributed by atoms with Crippen LogP contribution in [0.4, 0.5) is 5.69 Å². The van der Waals surface area contributed by atoms with Crippen LogP contribution < -0.4 is 5.73 Å². The summed E-state index contributed by atoms with van der Waals surface area (Å²) in [7, 11) is 0. The first-order valence-corrected chi connectivity index (χ1v) is 7.74. The van der Waals surface area contributed by atoms with Crippen LogP contribution in [0.25, 0.3) is 0 Å². The Morgan fingerprint density at radius 2 is 1.62 bits per heavy atom. The fourth-order valence-corrected chi connectivity index (χ4v) is 3.19. The van der Waals surface area contributed by atoms with Crippen LogP contribution in [0.1, 0.15) is 59.5 Å². The van der Waals surface area contributed by atoms with Crippen molar-refractivity contribution in [2.75, 3.05) is 5.73 Å². The van der Waals surface area contributed by atoms with Gasteiger partial charge in [0.05, 0.1) is 0 Å². The van der Waals surface area contributed by atoms with Gasteiger partial charge in [0.2, 0.25) is 0 Å². The van der Waals surface area contributed by atoms with E-state index in [4.69, 9.17) is 5.73 Å². The van der Waals surface area contributed by atoms with Gasteiger partial charge >= 0.3 is 0 Å². The van der Waals surface area contributed by atoms with E-state index in [1.54, 1.807) is 12.1 Å². The lowest BCUT2D eigenvalue weighted by Crippen LogP contribution is -2.06. The molecule has 0 aliphatic heterocycles. The summed E-state index contributed by atoms with van der Waals surface area (Å²) < 4.78 is 0. The molecule has 0 spiro atoms. The van der Waals surface area contributed by atoms with Gasteiger partial charge in [-0.05, 0) is 36.5 Å². The van der Waals surface area contributed by atoms with Crippen molar-refractivity contribution in [1.29, 1.82) is 0 Å². The van der Waals surface area contributed by atoms with Gasteiger partial charge in [0.25, 0.3) is 0 Å². The Balaban J connectivity index is 1.78. The molecule has 2 nitrogen and oxygen atoms in total. The maximum atomic E-state index is 12.4. The molecular weight excluding hydrogens is 258 g/mol. The molecule has 0 radical (unpaired) electrons. The molecule has 0 saturated heterocycles. The third-order valence-electron chi connectivity index (χ3n) is 4.40. The van der Waals surface area contributed by atoms with Crippen molar-refractivity contribution in [3.63, 3.8) is 0 Å². The monoisotopic (exact) mass is 279 g/mol. The average Bonchev–Trinajstić information content (AvgIpc) is 2.55. The molecule has 2 aromatic carbocycles. The Kier molecular flexibility index (Phi) is 4.05. The number of hydrogen-bond acceptors (Lipinski definition) is 2. The van der Waals surface area contributed by atoms with E-state index >= 15 is 0 Å². The summed E-state index contributed by atoms with van der Waals surface area (Å²) in [6, 6.07) is 15.3. The first kappa shape index (κ1) is 13.9. The largest absolute Gasteiger partial charge is 0.399 e. The van der Waals surface area contributed by atoms with Crippen LogP contribution in [0.15, 0.2) is 48.5 Å². The second kappa shape index (κ2) is 6.13. The smallest absolute Gasteiger partial charge is 0.193 e. The Labute approximate surface area is 126 Å². The van der Waals surface area contributed by atoms with Crippen molar-refractivity contribution >= 4 is 11.5 Å². The third-order valence-corrected chi connectivity index (χ3v) is 4.40. The number of ketones is 1. The van der Waals surface area contributed by atoms with Crippen LogP contribution in [0, 0.1) is 0 Å². The van der Waals surface area contributed by atoms with Gasteiger partial charge < -0.3 is 5.73 Å². The number of anilines is 1. The zero-order valence-corrected chi connectivity index (χ0v) is 12.2. The van der Waals surface area contributed by atoms with Crippen molar-refractivity contribution in [1.82, 2.24) is 0 Å². The molecule has 1 aliphatic rings. The van der Waals surface area contributed by atoms with E-state index in [1.807, 2.05) is 24.3 Å². The molecule has 1 saturated carbocycles. The Morgan fingerprint density at radius 3 is 2.29 bits per heavy atom. The van der Waals surface area contributed by atoms with Crippen LogP contribution in [0.2, 0.25) is 0 Å². The van der Waals surface area contributed by atoms with E-state index in [0.717, 1.165) is 5.56 Å². The van der Waals surface area contributed by atoms with Gasteiger partial charge in [0, 0.05) is 16.8 Å². The van der Waals surface area contributed by atoms with Crippen molar-refractivity contribution in [3.8, 4) is 0 Å². The summed E-state index contributed by atoms with van der Waals surface area (Å²) in [5.74, 6) is 0.716. The van der Waals surface area contributed by atoms with Crippen LogP contribution in [-0.2, 0) is 0 Å². The molecule has 21 heavy (non-hydrogen) atoms. The number of benzene rings is 2. The Hall–Kier alpha value is -2.09. The summed E-state index contributed by atoms with van der Waals surface area (Å²) in [5, 5.41) is 0. The number of hydrogen-bond donors (Lipinski definition) is 1. The lowest BCUT2D eigenvalue weighted by Gasteiger charge is -2.22. The van der Waals surface area contributed by atoms with Gasteiger partial charge in [-0.1, -0.05) is 55.7 Å². The number of rotatable bonds is 3.